The molecule has 26 heavy (non-hydrogen) atoms. The van der Waals surface area contributed by atoms with Crippen LogP contribution in [0.4, 0.5) is 10.5 Å². The number of methoxy groups -OCH3 is 1. The van der Waals surface area contributed by atoms with Crippen LogP contribution in [-0.4, -0.2) is 56.9 Å². The Balaban J connectivity index is 1.92. The Hall–Kier alpha value is -1.95. The van der Waals surface area contributed by atoms with Crippen molar-refractivity contribution >= 4 is 11.8 Å². The summed E-state index contributed by atoms with van der Waals surface area (Å²) in [5, 5.41) is 2.99. The minimum atomic E-state index is -0.461. The molecule has 6 heteroatoms. The van der Waals surface area contributed by atoms with Crippen molar-refractivity contribution in [1.29, 1.82) is 0 Å². The first-order chi connectivity index (χ1) is 12.2. The average molecular weight is 364 g/mol. The van der Waals surface area contributed by atoms with Crippen LogP contribution in [-0.2, 0) is 11.3 Å². The molecule has 6 nitrogen and oxygen atoms in total. The molecular formula is C20H33N3O3. The summed E-state index contributed by atoms with van der Waals surface area (Å²) in [5.74, 6) is 0.921. The molecule has 1 heterocycles. The van der Waals surface area contributed by atoms with E-state index in [2.05, 4.69) is 35.3 Å². The third kappa shape index (κ3) is 5.80. The summed E-state index contributed by atoms with van der Waals surface area (Å²) in [4.78, 5) is 16.5. The number of hydrogen-bond donors (Lipinski definition) is 1. The van der Waals surface area contributed by atoms with Gasteiger partial charge in [-0.1, -0.05) is 6.07 Å². The Bertz CT molecular complexity index is 603. The third-order valence-electron chi connectivity index (χ3n) is 4.50. The van der Waals surface area contributed by atoms with E-state index in [0.717, 1.165) is 38.2 Å². The van der Waals surface area contributed by atoms with Gasteiger partial charge in [0.1, 0.15) is 11.4 Å². The van der Waals surface area contributed by atoms with Gasteiger partial charge in [0.25, 0.3) is 0 Å². The minimum absolute atomic E-state index is 0.173. The van der Waals surface area contributed by atoms with Crippen LogP contribution < -0.4 is 15.0 Å². The van der Waals surface area contributed by atoms with E-state index >= 15 is 0 Å². The van der Waals surface area contributed by atoms with Crippen molar-refractivity contribution in [2.45, 2.75) is 51.8 Å². The van der Waals surface area contributed by atoms with Crippen LogP contribution in [0.3, 0.4) is 0 Å². The molecule has 1 N–H and O–H groups in total. The molecule has 1 aromatic carbocycles. The van der Waals surface area contributed by atoms with Gasteiger partial charge in [-0.25, -0.2) is 4.79 Å². The minimum Gasteiger partial charge on any atom is -0.496 e. The van der Waals surface area contributed by atoms with E-state index in [1.54, 1.807) is 7.11 Å². The Kier molecular flexibility index (Phi) is 6.75. The van der Waals surface area contributed by atoms with E-state index < -0.39 is 5.60 Å². The number of likely N-dealkylation sites (tertiary alicyclic amines) is 1. The first kappa shape index (κ1) is 20.4. The molecule has 0 spiro atoms. The summed E-state index contributed by atoms with van der Waals surface area (Å²) in [6.45, 7) is 8.35. The van der Waals surface area contributed by atoms with E-state index in [9.17, 15) is 4.79 Å². The van der Waals surface area contributed by atoms with Crippen LogP contribution in [0, 0.1) is 0 Å². The van der Waals surface area contributed by atoms with E-state index in [1.165, 1.54) is 11.3 Å². The number of carbonyl (C=O) groups excluding carboxylic acids is 1. The molecule has 146 valence electrons. The maximum absolute atomic E-state index is 11.9. The Morgan fingerprint density at radius 3 is 2.46 bits per heavy atom. The first-order valence-electron chi connectivity index (χ1n) is 9.24. The van der Waals surface area contributed by atoms with Crippen LogP contribution in [0.5, 0.6) is 5.75 Å². The number of nitrogens with one attached hydrogen (secondary N) is 1. The van der Waals surface area contributed by atoms with Gasteiger partial charge in [-0.2, -0.15) is 0 Å². The fraction of sp³-hybridized carbons (Fsp3) is 0.650. The lowest BCUT2D eigenvalue weighted by Gasteiger charge is -2.34. The highest BCUT2D eigenvalue weighted by Crippen LogP contribution is 2.30. The molecule has 0 saturated carbocycles. The number of rotatable bonds is 5. The molecule has 1 aliphatic heterocycles. The zero-order valence-electron chi connectivity index (χ0n) is 17.0. The summed E-state index contributed by atoms with van der Waals surface area (Å²) in [6.07, 6.45) is 1.52. The molecule has 0 bridgehead atoms. The van der Waals surface area contributed by atoms with E-state index in [0.29, 0.717) is 0 Å². The largest absolute Gasteiger partial charge is 0.496 e. The molecule has 1 aliphatic rings. The molecule has 0 atom stereocenters. The van der Waals surface area contributed by atoms with Gasteiger partial charge in [0, 0.05) is 51.0 Å². The summed E-state index contributed by atoms with van der Waals surface area (Å²) in [7, 11) is 5.82. The monoisotopic (exact) mass is 363 g/mol. The van der Waals surface area contributed by atoms with Crippen molar-refractivity contribution in [3.63, 3.8) is 0 Å². The van der Waals surface area contributed by atoms with Gasteiger partial charge in [0.15, 0.2) is 0 Å². The number of amides is 1. The van der Waals surface area contributed by atoms with Gasteiger partial charge in [0.2, 0.25) is 0 Å². The summed E-state index contributed by atoms with van der Waals surface area (Å²) in [5.41, 5.74) is 1.92. The van der Waals surface area contributed by atoms with Gasteiger partial charge in [-0.3, -0.25) is 4.90 Å². The Labute approximate surface area is 157 Å². The second-order valence-electron chi connectivity index (χ2n) is 8.05. The molecule has 0 aliphatic carbocycles. The van der Waals surface area contributed by atoms with E-state index in [4.69, 9.17) is 9.47 Å². The topological polar surface area (TPSA) is 54.0 Å². The Morgan fingerprint density at radius 1 is 1.27 bits per heavy atom. The molecule has 1 amide bonds. The standard InChI is InChI=1S/C20H33N3O3/c1-20(2,3)26-19(24)21-15-10-12-23(13-11-15)14-16-17(22(4)5)8-7-9-18(16)25-6/h7-9,15H,10-14H2,1-6H3,(H,21,24). The van der Waals surface area contributed by atoms with Crippen molar-refractivity contribution in [3.05, 3.63) is 23.8 Å². The molecule has 2 rings (SSSR count). The van der Waals surface area contributed by atoms with Crippen LogP contribution in [0.1, 0.15) is 39.2 Å². The van der Waals surface area contributed by atoms with Gasteiger partial charge in [-0.05, 0) is 45.7 Å². The summed E-state index contributed by atoms with van der Waals surface area (Å²) < 4.78 is 10.9. The number of ether oxygens (including phenoxy) is 2. The number of benzene rings is 1. The van der Waals surface area contributed by atoms with Crippen LogP contribution >= 0.6 is 0 Å². The van der Waals surface area contributed by atoms with Crippen molar-refractivity contribution in [2.24, 2.45) is 0 Å². The maximum Gasteiger partial charge on any atom is 0.407 e. The number of carbonyl (C=O) groups is 1. The van der Waals surface area contributed by atoms with Crippen LogP contribution in [0.15, 0.2) is 18.2 Å². The molecule has 0 radical (unpaired) electrons. The summed E-state index contributed by atoms with van der Waals surface area (Å²) in [6, 6.07) is 6.33. The van der Waals surface area contributed by atoms with Crippen LogP contribution in [0.25, 0.3) is 0 Å². The average Bonchev–Trinajstić information content (AvgIpc) is 2.54. The maximum atomic E-state index is 11.9. The molecule has 1 aromatic rings. The predicted octanol–water partition coefficient (Wildman–Crippen LogP) is 3.25. The highest BCUT2D eigenvalue weighted by atomic mass is 16.6. The number of alkyl carbamates (subject to hydrolysis) is 1. The molecule has 0 aromatic heterocycles. The molecule has 0 unspecified atom stereocenters. The lowest BCUT2D eigenvalue weighted by Crippen LogP contribution is -2.45. The van der Waals surface area contributed by atoms with Gasteiger partial charge in [-0.15, -0.1) is 0 Å². The molecule has 1 saturated heterocycles. The lowest BCUT2D eigenvalue weighted by molar-refractivity contribution is 0.0477. The predicted molar refractivity (Wildman–Crippen MR) is 105 cm³/mol. The first-order valence-corrected chi connectivity index (χ1v) is 9.24. The lowest BCUT2D eigenvalue weighted by atomic mass is 10.0. The number of anilines is 1. The van der Waals surface area contributed by atoms with Gasteiger partial charge < -0.3 is 19.7 Å². The summed E-state index contributed by atoms with van der Waals surface area (Å²) >= 11 is 0. The quantitative estimate of drug-likeness (QED) is 0.870. The fourth-order valence-corrected chi connectivity index (χ4v) is 3.26. The second-order valence-corrected chi connectivity index (χ2v) is 8.05. The highest BCUT2D eigenvalue weighted by molar-refractivity contribution is 5.68. The Morgan fingerprint density at radius 2 is 1.92 bits per heavy atom. The zero-order chi connectivity index (χ0) is 19.3. The van der Waals surface area contributed by atoms with Crippen molar-refractivity contribution in [1.82, 2.24) is 10.2 Å². The number of hydrogen-bond acceptors (Lipinski definition) is 5. The third-order valence-corrected chi connectivity index (χ3v) is 4.50. The van der Waals surface area contributed by atoms with E-state index in [1.807, 2.05) is 32.9 Å². The van der Waals surface area contributed by atoms with Crippen molar-refractivity contribution in [2.75, 3.05) is 39.2 Å². The van der Waals surface area contributed by atoms with Gasteiger partial charge in [0.05, 0.1) is 7.11 Å². The number of piperidine rings is 1. The van der Waals surface area contributed by atoms with Crippen molar-refractivity contribution in [3.8, 4) is 5.75 Å². The fourth-order valence-electron chi connectivity index (χ4n) is 3.26. The normalized spacial score (nSPS) is 16.2. The SMILES string of the molecule is COc1cccc(N(C)C)c1CN1CCC(NC(=O)OC(C)(C)C)CC1. The molecule has 1 fully saturated rings. The highest BCUT2D eigenvalue weighted by Gasteiger charge is 2.24. The second kappa shape index (κ2) is 8.62. The number of nitrogens with zero attached hydrogens (tertiary/aromatic N) is 2. The van der Waals surface area contributed by atoms with Gasteiger partial charge >= 0.3 is 6.09 Å². The van der Waals surface area contributed by atoms with Crippen molar-refractivity contribution < 1.29 is 14.3 Å². The van der Waals surface area contributed by atoms with E-state index in [-0.39, 0.29) is 12.1 Å². The smallest absolute Gasteiger partial charge is 0.407 e. The molecular weight excluding hydrogens is 330 g/mol. The zero-order valence-corrected chi connectivity index (χ0v) is 17.0. The van der Waals surface area contributed by atoms with Crippen LogP contribution in [0.2, 0.25) is 0 Å².